The summed E-state index contributed by atoms with van der Waals surface area (Å²) in [7, 11) is -3.33. The Kier molecular flexibility index (Phi) is 5.05. The van der Waals surface area contributed by atoms with E-state index in [4.69, 9.17) is 21.4 Å². The summed E-state index contributed by atoms with van der Waals surface area (Å²) >= 11 is 5.88. The molecule has 1 N–H and O–H groups in total. The number of benzene rings is 1. The van der Waals surface area contributed by atoms with E-state index in [0.717, 1.165) is 0 Å². The van der Waals surface area contributed by atoms with Crippen LogP contribution in [0.3, 0.4) is 0 Å². The van der Waals surface area contributed by atoms with Gasteiger partial charge in [0.25, 0.3) is 0 Å². The predicted molar refractivity (Wildman–Crippen MR) is 77.4 cm³/mol. The number of hydrogen-bond donors (Lipinski definition) is 1. The monoisotopic (exact) mass is 320 g/mol. The molecule has 20 heavy (non-hydrogen) atoms. The van der Waals surface area contributed by atoms with E-state index in [-0.39, 0.29) is 28.7 Å². The predicted octanol–water partition coefficient (Wildman–Crippen LogP) is 2.63. The molecule has 1 rings (SSSR count). The highest BCUT2D eigenvalue weighted by atomic mass is 35.5. The zero-order chi connectivity index (χ0) is 15.6. The zero-order valence-electron chi connectivity index (χ0n) is 11.5. The average molecular weight is 321 g/mol. The van der Waals surface area contributed by atoms with Crippen molar-refractivity contribution in [1.29, 1.82) is 0 Å². The molecule has 0 unspecified atom stereocenters. The van der Waals surface area contributed by atoms with Crippen molar-refractivity contribution in [2.75, 3.05) is 12.4 Å². The van der Waals surface area contributed by atoms with Crippen LogP contribution in [0.5, 0.6) is 5.75 Å². The van der Waals surface area contributed by atoms with Gasteiger partial charge in [0.1, 0.15) is 12.2 Å². The van der Waals surface area contributed by atoms with Crippen molar-refractivity contribution in [3.63, 3.8) is 0 Å². The van der Waals surface area contributed by atoms with Gasteiger partial charge in [-0.1, -0.05) is 17.7 Å². The quantitative estimate of drug-likeness (QED) is 0.902. The molecule has 5 nitrogen and oxygen atoms in total. The van der Waals surface area contributed by atoms with Gasteiger partial charge in [0.05, 0.1) is 15.5 Å². The molecule has 0 atom stereocenters. The van der Waals surface area contributed by atoms with Crippen LogP contribution in [0.1, 0.15) is 31.1 Å². The zero-order valence-corrected chi connectivity index (χ0v) is 13.1. The fraction of sp³-hybridized carbons (Fsp3) is 0.462. The standard InChI is InChI=1S/C13H17ClO5S/c1-13(2,3)20(17,18)8-7-19-11-9(12(15)16)5-4-6-10(11)14/h4-6H,7-8H2,1-3H3,(H,15,16). The van der Waals surface area contributed by atoms with Gasteiger partial charge in [-0.2, -0.15) is 0 Å². The maximum absolute atomic E-state index is 11.9. The van der Waals surface area contributed by atoms with Crippen molar-refractivity contribution in [3.05, 3.63) is 28.8 Å². The minimum absolute atomic E-state index is 0.00854. The van der Waals surface area contributed by atoms with E-state index in [9.17, 15) is 13.2 Å². The first-order valence-corrected chi connectivity index (χ1v) is 7.96. The van der Waals surface area contributed by atoms with Crippen LogP contribution in [0.2, 0.25) is 5.02 Å². The average Bonchev–Trinajstić information content (AvgIpc) is 2.29. The highest BCUT2D eigenvalue weighted by Crippen LogP contribution is 2.29. The second kappa shape index (κ2) is 6.01. The Morgan fingerprint density at radius 3 is 2.45 bits per heavy atom. The largest absolute Gasteiger partial charge is 0.490 e. The van der Waals surface area contributed by atoms with Crippen molar-refractivity contribution in [2.24, 2.45) is 0 Å². The first-order valence-electron chi connectivity index (χ1n) is 5.93. The summed E-state index contributed by atoms with van der Waals surface area (Å²) in [4.78, 5) is 11.0. The van der Waals surface area contributed by atoms with Crippen LogP contribution in [-0.2, 0) is 9.84 Å². The molecule has 0 saturated heterocycles. The van der Waals surface area contributed by atoms with Gasteiger partial charge in [-0.15, -0.1) is 0 Å². The number of hydrogen-bond acceptors (Lipinski definition) is 4. The topological polar surface area (TPSA) is 80.7 Å². The fourth-order valence-corrected chi connectivity index (χ4v) is 2.53. The van der Waals surface area contributed by atoms with E-state index < -0.39 is 20.6 Å². The molecule has 0 fully saturated rings. The Hall–Kier alpha value is -1.27. The summed E-state index contributed by atoms with van der Waals surface area (Å²) < 4.78 is 28.2. The number of carbonyl (C=O) groups is 1. The normalized spacial score (nSPS) is 12.2. The Morgan fingerprint density at radius 2 is 1.95 bits per heavy atom. The number of halogens is 1. The SMILES string of the molecule is CC(C)(C)S(=O)(=O)CCOc1c(Cl)cccc1C(=O)O. The molecule has 7 heteroatoms. The first kappa shape index (κ1) is 16.8. The summed E-state index contributed by atoms with van der Waals surface area (Å²) in [6.45, 7) is 4.64. The lowest BCUT2D eigenvalue weighted by atomic mass is 10.2. The van der Waals surface area contributed by atoms with Crippen molar-refractivity contribution in [2.45, 2.75) is 25.5 Å². The van der Waals surface area contributed by atoms with Crippen LogP contribution >= 0.6 is 11.6 Å². The van der Waals surface area contributed by atoms with Gasteiger partial charge in [-0.3, -0.25) is 0 Å². The molecule has 1 aromatic carbocycles. The van der Waals surface area contributed by atoms with Gasteiger partial charge < -0.3 is 9.84 Å². The Bertz CT molecular complexity index is 602. The van der Waals surface area contributed by atoms with Crippen LogP contribution in [-0.4, -0.2) is 36.6 Å². The van der Waals surface area contributed by atoms with Gasteiger partial charge in [0, 0.05) is 0 Å². The molecular weight excluding hydrogens is 304 g/mol. The summed E-state index contributed by atoms with van der Waals surface area (Å²) in [6.07, 6.45) is 0. The van der Waals surface area contributed by atoms with Crippen LogP contribution in [0.15, 0.2) is 18.2 Å². The molecule has 0 saturated carbocycles. The van der Waals surface area contributed by atoms with E-state index in [1.807, 2.05) is 0 Å². The Balaban J connectivity index is 2.85. The first-order chi connectivity index (χ1) is 9.06. The van der Waals surface area contributed by atoms with E-state index in [1.165, 1.54) is 18.2 Å². The van der Waals surface area contributed by atoms with E-state index in [1.54, 1.807) is 20.8 Å². The maximum Gasteiger partial charge on any atom is 0.339 e. The van der Waals surface area contributed by atoms with Crippen LogP contribution in [0, 0.1) is 0 Å². The summed E-state index contributed by atoms with van der Waals surface area (Å²) in [6, 6.07) is 4.33. The number of para-hydroxylation sites is 1. The molecule has 1 aromatic rings. The third-order valence-electron chi connectivity index (χ3n) is 2.73. The van der Waals surface area contributed by atoms with Crippen molar-refractivity contribution in [1.82, 2.24) is 0 Å². The molecule has 0 aliphatic carbocycles. The molecule has 0 aliphatic rings. The van der Waals surface area contributed by atoms with Gasteiger partial charge in [0.2, 0.25) is 0 Å². The molecular formula is C13H17ClO5S. The molecule has 0 bridgehead atoms. The van der Waals surface area contributed by atoms with Gasteiger partial charge in [-0.05, 0) is 32.9 Å². The van der Waals surface area contributed by atoms with E-state index in [0.29, 0.717) is 0 Å². The number of aromatic carboxylic acids is 1. The van der Waals surface area contributed by atoms with Crippen molar-refractivity contribution < 1.29 is 23.1 Å². The maximum atomic E-state index is 11.9. The number of ether oxygens (including phenoxy) is 1. The van der Waals surface area contributed by atoms with Crippen molar-refractivity contribution in [3.8, 4) is 5.75 Å². The lowest BCUT2D eigenvalue weighted by molar-refractivity contribution is 0.0692. The number of carboxylic acid groups (broad SMARTS) is 1. The third-order valence-corrected chi connectivity index (χ3v) is 5.60. The lowest BCUT2D eigenvalue weighted by Gasteiger charge is -2.19. The second-order valence-corrected chi connectivity index (χ2v) is 8.47. The minimum Gasteiger partial charge on any atom is -0.490 e. The van der Waals surface area contributed by atoms with Crippen molar-refractivity contribution >= 4 is 27.4 Å². The molecule has 0 aliphatic heterocycles. The summed E-state index contributed by atoms with van der Waals surface area (Å²) in [5.41, 5.74) is -0.0920. The number of carboxylic acids is 1. The summed E-state index contributed by atoms with van der Waals surface area (Å²) in [5, 5.41) is 9.16. The third kappa shape index (κ3) is 3.86. The van der Waals surface area contributed by atoms with E-state index in [2.05, 4.69) is 0 Å². The molecule has 112 valence electrons. The van der Waals surface area contributed by atoms with Gasteiger partial charge in [-0.25, -0.2) is 13.2 Å². The van der Waals surface area contributed by atoms with Crippen LogP contribution < -0.4 is 4.74 Å². The fourth-order valence-electron chi connectivity index (χ4n) is 1.38. The van der Waals surface area contributed by atoms with Crippen LogP contribution in [0.4, 0.5) is 0 Å². The second-order valence-electron chi connectivity index (χ2n) is 5.20. The summed E-state index contributed by atoms with van der Waals surface area (Å²) in [5.74, 6) is -1.40. The smallest absolute Gasteiger partial charge is 0.339 e. The Labute approximate surface area is 123 Å². The molecule has 0 heterocycles. The molecule has 0 radical (unpaired) electrons. The lowest BCUT2D eigenvalue weighted by Crippen LogP contribution is -2.32. The molecule has 0 aromatic heterocycles. The number of sulfone groups is 1. The van der Waals surface area contributed by atoms with E-state index >= 15 is 0 Å². The highest BCUT2D eigenvalue weighted by Gasteiger charge is 2.28. The highest BCUT2D eigenvalue weighted by molar-refractivity contribution is 7.92. The molecule has 0 amide bonds. The number of rotatable bonds is 5. The minimum atomic E-state index is -3.33. The van der Waals surface area contributed by atoms with Gasteiger partial charge in [0.15, 0.2) is 15.6 Å². The Morgan fingerprint density at radius 1 is 1.35 bits per heavy atom. The molecule has 0 spiro atoms. The van der Waals surface area contributed by atoms with Gasteiger partial charge >= 0.3 is 5.97 Å². The van der Waals surface area contributed by atoms with Crippen LogP contribution in [0.25, 0.3) is 0 Å².